The fourth-order valence-corrected chi connectivity index (χ4v) is 2.33. The van der Waals surface area contributed by atoms with Gasteiger partial charge in [-0.25, -0.2) is 4.79 Å². The molecular weight excluding hydrogens is 336 g/mol. The van der Waals surface area contributed by atoms with E-state index in [9.17, 15) is 35.9 Å². The third-order valence-electron chi connectivity index (χ3n) is 3.67. The Hall–Kier alpha value is -2.20. The van der Waals surface area contributed by atoms with Crippen molar-refractivity contribution in [2.45, 2.75) is 18.8 Å². The number of rotatable bonds is 2. The molecule has 0 bridgehead atoms. The van der Waals surface area contributed by atoms with Crippen molar-refractivity contribution in [2.75, 3.05) is 13.1 Å². The molecule has 2 rings (SSSR count). The van der Waals surface area contributed by atoms with E-state index in [0.29, 0.717) is 4.90 Å². The zero-order valence-corrected chi connectivity index (χ0v) is 11.2. The van der Waals surface area contributed by atoms with Gasteiger partial charge in [-0.15, -0.1) is 0 Å². The van der Waals surface area contributed by atoms with Crippen molar-refractivity contribution in [3.63, 3.8) is 0 Å². The minimum absolute atomic E-state index is 0.353. The lowest BCUT2D eigenvalue weighted by atomic mass is 9.85. The fraction of sp³-hybridized carbons (Fsp3) is 0.500. The van der Waals surface area contributed by atoms with Gasteiger partial charge in [-0.3, -0.25) is 4.79 Å². The highest BCUT2D eigenvalue weighted by molar-refractivity contribution is 5.93. The predicted octanol–water partition coefficient (Wildman–Crippen LogP) is 2.93. The van der Waals surface area contributed by atoms with Crippen LogP contribution in [0.25, 0.3) is 0 Å². The van der Waals surface area contributed by atoms with Gasteiger partial charge in [0.05, 0.1) is 0 Å². The lowest BCUT2D eigenvalue weighted by Crippen LogP contribution is -2.52. The summed E-state index contributed by atoms with van der Waals surface area (Å²) in [5, 5.41) is 8.63. The fourth-order valence-electron chi connectivity index (χ4n) is 2.33. The van der Waals surface area contributed by atoms with Gasteiger partial charge in [0.2, 0.25) is 5.76 Å². The summed E-state index contributed by atoms with van der Waals surface area (Å²) in [5.41, 5.74) is -4.00. The van der Waals surface area contributed by atoms with Crippen LogP contribution in [-0.4, -0.2) is 47.3 Å². The van der Waals surface area contributed by atoms with Crippen molar-refractivity contribution in [3.05, 3.63) is 23.7 Å². The Labute approximate surface area is 124 Å². The van der Waals surface area contributed by atoms with Crippen molar-refractivity contribution in [1.82, 2.24) is 4.90 Å². The first-order valence-electron chi connectivity index (χ1n) is 6.15. The molecule has 0 unspecified atom stereocenters. The molecule has 23 heavy (non-hydrogen) atoms. The van der Waals surface area contributed by atoms with E-state index in [1.165, 1.54) is 0 Å². The summed E-state index contributed by atoms with van der Waals surface area (Å²) in [6.45, 7) is -2.37. The SMILES string of the molecule is O=C(O)c1ccc(C(=O)N2CCC(C(F)(F)F)(C(F)(F)F)C2)o1. The Morgan fingerprint density at radius 1 is 1.09 bits per heavy atom. The summed E-state index contributed by atoms with van der Waals surface area (Å²) in [6, 6.07) is 1.76. The largest absolute Gasteiger partial charge is 0.475 e. The monoisotopic (exact) mass is 345 g/mol. The van der Waals surface area contributed by atoms with Gasteiger partial charge in [-0.05, 0) is 18.6 Å². The number of furan rings is 1. The molecule has 11 heteroatoms. The number of carbonyl (C=O) groups is 2. The van der Waals surface area contributed by atoms with Crippen molar-refractivity contribution >= 4 is 11.9 Å². The van der Waals surface area contributed by atoms with E-state index in [2.05, 4.69) is 4.42 Å². The summed E-state index contributed by atoms with van der Waals surface area (Å²) >= 11 is 0. The first-order chi connectivity index (χ1) is 10.4. The van der Waals surface area contributed by atoms with Crippen LogP contribution in [0.4, 0.5) is 26.3 Å². The minimum atomic E-state index is -5.57. The van der Waals surface area contributed by atoms with Crippen LogP contribution in [-0.2, 0) is 0 Å². The molecule has 1 aromatic rings. The van der Waals surface area contributed by atoms with Crippen molar-refractivity contribution in [3.8, 4) is 0 Å². The maximum Gasteiger partial charge on any atom is 0.404 e. The molecule has 0 spiro atoms. The van der Waals surface area contributed by atoms with E-state index < -0.39 is 60.7 Å². The van der Waals surface area contributed by atoms with Crippen LogP contribution in [0.5, 0.6) is 0 Å². The molecule has 1 amide bonds. The molecule has 0 atom stereocenters. The Kier molecular flexibility index (Phi) is 3.86. The molecule has 0 radical (unpaired) electrons. The summed E-state index contributed by atoms with van der Waals surface area (Å²) in [5.74, 6) is -4.04. The Morgan fingerprint density at radius 3 is 2.00 bits per heavy atom. The predicted molar refractivity (Wildman–Crippen MR) is 60.7 cm³/mol. The van der Waals surface area contributed by atoms with E-state index in [1.54, 1.807) is 0 Å². The van der Waals surface area contributed by atoms with Crippen LogP contribution in [0.3, 0.4) is 0 Å². The number of hydrogen-bond acceptors (Lipinski definition) is 3. The number of hydrogen-bond donors (Lipinski definition) is 1. The number of carboxylic acid groups (broad SMARTS) is 1. The summed E-state index contributed by atoms with van der Waals surface area (Å²) in [4.78, 5) is 22.9. The average molecular weight is 345 g/mol. The first-order valence-corrected chi connectivity index (χ1v) is 6.15. The molecule has 2 heterocycles. The van der Waals surface area contributed by atoms with Gasteiger partial charge < -0.3 is 14.4 Å². The van der Waals surface area contributed by atoms with Gasteiger partial charge in [0.25, 0.3) is 5.91 Å². The Bertz CT molecular complexity index is 618. The normalized spacial score (nSPS) is 18.3. The van der Waals surface area contributed by atoms with Gasteiger partial charge in [0.15, 0.2) is 11.2 Å². The van der Waals surface area contributed by atoms with E-state index in [1.807, 2.05) is 0 Å². The van der Waals surface area contributed by atoms with E-state index >= 15 is 0 Å². The highest BCUT2D eigenvalue weighted by Gasteiger charge is 2.73. The summed E-state index contributed by atoms with van der Waals surface area (Å²) in [6.07, 6.45) is -12.5. The van der Waals surface area contributed by atoms with Crippen LogP contribution < -0.4 is 0 Å². The lowest BCUT2D eigenvalue weighted by Gasteiger charge is -2.33. The number of amides is 1. The number of carbonyl (C=O) groups excluding carboxylic acids is 1. The molecule has 1 aliphatic rings. The summed E-state index contributed by atoms with van der Waals surface area (Å²) in [7, 11) is 0. The molecule has 1 N–H and O–H groups in total. The van der Waals surface area contributed by atoms with E-state index in [4.69, 9.17) is 5.11 Å². The van der Waals surface area contributed by atoms with E-state index in [0.717, 1.165) is 12.1 Å². The van der Waals surface area contributed by atoms with Gasteiger partial charge in [0, 0.05) is 13.1 Å². The molecule has 5 nitrogen and oxygen atoms in total. The second kappa shape index (κ2) is 5.17. The standard InChI is InChI=1S/C12H9F6NO4/c13-11(14,15)10(12(16,17)18)3-4-19(5-10)8(20)6-1-2-7(23-6)9(21)22/h1-2H,3-5H2,(H,21,22). The zero-order valence-electron chi connectivity index (χ0n) is 11.2. The maximum absolute atomic E-state index is 12.9. The first kappa shape index (κ1) is 17.2. The topological polar surface area (TPSA) is 70.8 Å². The highest BCUT2D eigenvalue weighted by Crippen LogP contribution is 2.55. The Balaban J connectivity index is 2.27. The van der Waals surface area contributed by atoms with Crippen LogP contribution in [0.2, 0.25) is 0 Å². The molecule has 0 aromatic carbocycles. The molecule has 1 saturated heterocycles. The van der Waals surface area contributed by atoms with Gasteiger partial charge >= 0.3 is 18.3 Å². The zero-order chi connectivity index (χ0) is 17.6. The average Bonchev–Trinajstić information content (AvgIpc) is 3.04. The van der Waals surface area contributed by atoms with Gasteiger partial charge in [-0.1, -0.05) is 0 Å². The van der Waals surface area contributed by atoms with Crippen molar-refractivity contribution in [2.24, 2.45) is 5.41 Å². The smallest absolute Gasteiger partial charge is 0.404 e. The second-order valence-corrected chi connectivity index (χ2v) is 5.02. The molecule has 0 aliphatic carbocycles. The van der Waals surface area contributed by atoms with Crippen LogP contribution in [0.15, 0.2) is 16.5 Å². The number of nitrogens with zero attached hydrogens (tertiary/aromatic N) is 1. The van der Waals surface area contributed by atoms with Crippen molar-refractivity contribution in [1.29, 1.82) is 0 Å². The van der Waals surface area contributed by atoms with Gasteiger partial charge in [0.1, 0.15) is 0 Å². The van der Waals surface area contributed by atoms with E-state index in [-0.39, 0.29) is 0 Å². The van der Waals surface area contributed by atoms with Crippen LogP contribution in [0.1, 0.15) is 27.5 Å². The van der Waals surface area contributed by atoms with Crippen LogP contribution in [0, 0.1) is 5.41 Å². The molecular formula is C12H9F6NO4. The lowest BCUT2D eigenvalue weighted by molar-refractivity contribution is -0.334. The van der Waals surface area contributed by atoms with Crippen LogP contribution >= 0.6 is 0 Å². The maximum atomic E-state index is 12.9. The number of halogens is 6. The number of alkyl halides is 6. The third-order valence-corrected chi connectivity index (χ3v) is 3.67. The molecule has 1 aliphatic heterocycles. The molecule has 128 valence electrons. The molecule has 0 saturated carbocycles. The number of aromatic carboxylic acids is 1. The quantitative estimate of drug-likeness (QED) is 0.837. The second-order valence-electron chi connectivity index (χ2n) is 5.02. The number of carboxylic acids is 1. The number of likely N-dealkylation sites (tertiary alicyclic amines) is 1. The highest BCUT2D eigenvalue weighted by atomic mass is 19.4. The molecule has 1 fully saturated rings. The minimum Gasteiger partial charge on any atom is -0.475 e. The van der Waals surface area contributed by atoms with Crippen molar-refractivity contribution < 1.29 is 45.5 Å². The molecule has 1 aromatic heterocycles. The summed E-state index contributed by atoms with van der Waals surface area (Å²) < 4.78 is 82.0. The Morgan fingerprint density at radius 2 is 1.61 bits per heavy atom. The third kappa shape index (κ3) is 2.75. The van der Waals surface area contributed by atoms with Gasteiger partial charge in [-0.2, -0.15) is 26.3 Å².